The Morgan fingerprint density at radius 3 is 2.82 bits per heavy atom. The molecule has 1 unspecified atom stereocenters. The first-order valence-corrected chi connectivity index (χ1v) is 8.61. The summed E-state index contributed by atoms with van der Waals surface area (Å²) in [6.07, 6.45) is 1.40. The average Bonchev–Trinajstić information content (AvgIpc) is 3.03. The number of hydrogen-bond acceptors (Lipinski definition) is 5. The van der Waals surface area contributed by atoms with Crippen LogP contribution in [0.3, 0.4) is 0 Å². The van der Waals surface area contributed by atoms with E-state index in [1.807, 2.05) is 17.0 Å². The molecule has 0 aromatic carbocycles. The van der Waals surface area contributed by atoms with Crippen molar-refractivity contribution in [2.45, 2.75) is 20.0 Å². The topological polar surface area (TPSA) is 98.8 Å². The maximum Gasteiger partial charge on any atom is 0.391 e. The molecular weight excluding hydrogens is 305 g/mol. The summed E-state index contributed by atoms with van der Waals surface area (Å²) in [6.45, 7) is 4.94. The van der Waals surface area contributed by atoms with Gasteiger partial charge >= 0.3 is 7.60 Å². The van der Waals surface area contributed by atoms with Crippen LogP contribution in [0.2, 0.25) is 0 Å². The third kappa shape index (κ3) is 2.75. The second-order valence-electron chi connectivity index (χ2n) is 5.69. The van der Waals surface area contributed by atoms with Crippen molar-refractivity contribution in [3.8, 4) is 0 Å². The van der Waals surface area contributed by atoms with Gasteiger partial charge in [0.1, 0.15) is 5.76 Å². The molecule has 0 bridgehead atoms. The monoisotopic (exact) mass is 323 g/mol. The van der Waals surface area contributed by atoms with Gasteiger partial charge in [-0.3, -0.25) is 4.57 Å². The zero-order valence-corrected chi connectivity index (χ0v) is 13.2. The lowest BCUT2D eigenvalue weighted by molar-refractivity contribution is 0.372. The SMILES string of the molecule is CC(C)CN1c2ncccc2NC1c1ccc(P(=O)(O)O)o1. The van der Waals surface area contributed by atoms with Crippen molar-refractivity contribution in [3.05, 3.63) is 36.2 Å². The van der Waals surface area contributed by atoms with Crippen molar-refractivity contribution in [2.24, 2.45) is 5.92 Å². The summed E-state index contributed by atoms with van der Waals surface area (Å²) in [5, 5.41) is 3.29. The Labute approximate surface area is 128 Å². The quantitative estimate of drug-likeness (QED) is 0.741. The third-order valence-electron chi connectivity index (χ3n) is 3.39. The molecule has 8 heteroatoms. The van der Waals surface area contributed by atoms with Gasteiger partial charge in [-0.05, 0) is 30.2 Å². The second kappa shape index (κ2) is 5.43. The fourth-order valence-electron chi connectivity index (χ4n) is 2.54. The predicted molar refractivity (Wildman–Crippen MR) is 83.2 cm³/mol. The molecule has 0 saturated heterocycles. The van der Waals surface area contributed by atoms with Crippen LogP contribution in [-0.2, 0) is 4.57 Å². The molecule has 3 N–H and O–H groups in total. The molecule has 0 aliphatic carbocycles. The van der Waals surface area contributed by atoms with Gasteiger partial charge in [-0.25, -0.2) is 4.98 Å². The number of fused-ring (bicyclic) bond motifs is 1. The third-order valence-corrected chi connectivity index (χ3v) is 4.21. The van der Waals surface area contributed by atoms with E-state index in [-0.39, 0.29) is 11.7 Å². The average molecular weight is 323 g/mol. The highest BCUT2D eigenvalue weighted by atomic mass is 31.2. The lowest BCUT2D eigenvalue weighted by Gasteiger charge is -2.26. The summed E-state index contributed by atoms with van der Waals surface area (Å²) in [6, 6.07) is 6.67. The highest BCUT2D eigenvalue weighted by Crippen LogP contribution is 2.41. The molecule has 0 amide bonds. The number of pyridine rings is 1. The van der Waals surface area contributed by atoms with Gasteiger partial charge in [0.25, 0.3) is 0 Å². The normalized spacial score (nSPS) is 17.7. The zero-order valence-electron chi connectivity index (χ0n) is 12.3. The molecule has 0 fully saturated rings. The van der Waals surface area contributed by atoms with E-state index in [2.05, 4.69) is 24.1 Å². The summed E-state index contributed by atoms with van der Waals surface area (Å²) >= 11 is 0. The summed E-state index contributed by atoms with van der Waals surface area (Å²) in [4.78, 5) is 24.8. The molecular formula is C14H18N3O4P. The molecule has 1 aliphatic rings. The molecule has 118 valence electrons. The molecule has 22 heavy (non-hydrogen) atoms. The molecule has 0 spiro atoms. The summed E-state index contributed by atoms with van der Waals surface area (Å²) < 4.78 is 16.7. The zero-order chi connectivity index (χ0) is 15.9. The van der Waals surface area contributed by atoms with Crippen LogP contribution in [0, 0.1) is 5.92 Å². The van der Waals surface area contributed by atoms with Gasteiger partial charge in [0, 0.05) is 12.7 Å². The number of rotatable bonds is 4. The largest absolute Gasteiger partial charge is 0.449 e. The highest BCUT2D eigenvalue weighted by Gasteiger charge is 2.34. The molecule has 3 rings (SSSR count). The minimum atomic E-state index is -4.39. The lowest BCUT2D eigenvalue weighted by atomic mass is 10.2. The Morgan fingerprint density at radius 2 is 2.18 bits per heavy atom. The van der Waals surface area contributed by atoms with Crippen molar-refractivity contribution < 1.29 is 18.8 Å². The summed E-state index contributed by atoms with van der Waals surface area (Å²) in [5.74, 6) is 1.67. The molecule has 0 radical (unpaired) electrons. The fourth-order valence-corrected chi connectivity index (χ4v) is 3.03. The van der Waals surface area contributed by atoms with E-state index in [0.717, 1.165) is 18.1 Å². The molecule has 0 saturated carbocycles. The fraction of sp³-hybridized carbons (Fsp3) is 0.357. The van der Waals surface area contributed by atoms with Crippen LogP contribution in [0.1, 0.15) is 25.8 Å². The van der Waals surface area contributed by atoms with E-state index in [9.17, 15) is 14.4 Å². The number of aromatic nitrogens is 1. The standard InChI is InChI=1S/C14H18N3O4P/c1-9(2)8-17-13-10(4-3-7-15-13)16-14(17)11-5-6-12(21-11)22(18,19)20/h3-7,9,14,16H,8H2,1-2H3,(H2,18,19,20). The summed E-state index contributed by atoms with van der Waals surface area (Å²) in [5.41, 5.74) is 0.556. The van der Waals surface area contributed by atoms with Gasteiger partial charge in [-0.15, -0.1) is 0 Å². The van der Waals surface area contributed by atoms with E-state index in [1.54, 1.807) is 12.3 Å². The smallest absolute Gasteiger partial charge is 0.391 e. The van der Waals surface area contributed by atoms with Crippen molar-refractivity contribution in [3.63, 3.8) is 0 Å². The first-order valence-electron chi connectivity index (χ1n) is 7.00. The van der Waals surface area contributed by atoms with E-state index in [4.69, 9.17) is 4.42 Å². The van der Waals surface area contributed by atoms with E-state index >= 15 is 0 Å². The van der Waals surface area contributed by atoms with Crippen molar-refractivity contribution in [1.82, 2.24) is 4.98 Å². The number of nitrogens with zero attached hydrogens (tertiary/aromatic N) is 2. The molecule has 2 aromatic heterocycles. The summed E-state index contributed by atoms with van der Waals surface area (Å²) in [7, 11) is -4.39. The van der Waals surface area contributed by atoms with Crippen LogP contribution >= 0.6 is 7.60 Å². The Hall–Kier alpha value is -1.82. The van der Waals surface area contributed by atoms with Crippen molar-refractivity contribution >= 4 is 24.6 Å². The Bertz CT molecular complexity index is 724. The first kappa shape index (κ1) is 15.1. The number of nitrogens with one attached hydrogen (secondary N) is 1. The first-order chi connectivity index (χ1) is 10.4. The van der Waals surface area contributed by atoms with Crippen molar-refractivity contribution in [2.75, 3.05) is 16.8 Å². The number of hydrogen-bond donors (Lipinski definition) is 3. The van der Waals surface area contributed by atoms with E-state index < -0.39 is 7.60 Å². The Kier molecular flexibility index (Phi) is 3.72. The van der Waals surface area contributed by atoms with E-state index in [1.165, 1.54) is 6.07 Å². The van der Waals surface area contributed by atoms with Gasteiger partial charge < -0.3 is 24.4 Å². The molecule has 7 nitrogen and oxygen atoms in total. The van der Waals surface area contributed by atoms with Crippen LogP contribution in [0.25, 0.3) is 0 Å². The maximum atomic E-state index is 11.3. The minimum Gasteiger partial charge on any atom is -0.449 e. The predicted octanol–water partition coefficient (Wildman–Crippen LogP) is 2.06. The molecule has 2 aromatic rings. The van der Waals surface area contributed by atoms with E-state index in [0.29, 0.717) is 11.7 Å². The Morgan fingerprint density at radius 1 is 1.41 bits per heavy atom. The number of furan rings is 1. The molecule has 1 atom stereocenters. The van der Waals surface area contributed by atoms with Gasteiger partial charge in [-0.1, -0.05) is 13.8 Å². The van der Waals surface area contributed by atoms with Crippen LogP contribution in [-0.4, -0.2) is 21.3 Å². The number of anilines is 2. The second-order valence-corrected chi connectivity index (χ2v) is 7.22. The van der Waals surface area contributed by atoms with Gasteiger partial charge in [0.05, 0.1) is 5.69 Å². The van der Waals surface area contributed by atoms with Crippen LogP contribution in [0.4, 0.5) is 11.5 Å². The van der Waals surface area contributed by atoms with Gasteiger partial charge in [0.2, 0.25) is 5.50 Å². The molecule has 3 heterocycles. The van der Waals surface area contributed by atoms with Gasteiger partial charge in [-0.2, -0.15) is 0 Å². The highest BCUT2D eigenvalue weighted by molar-refractivity contribution is 7.59. The lowest BCUT2D eigenvalue weighted by Crippen LogP contribution is -2.31. The van der Waals surface area contributed by atoms with Gasteiger partial charge in [0.15, 0.2) is 12.0 Å². The Balaban J connectivity index is 1.96. The maximum absolute atomic E-state index is 11.3. The van der Waals surface area contributed by atoms with Crippen molar-refractivity contribution in [1.29, 1.82) is 0 Å². The molecule has 1 aliphatic heterocycles. The van der Waals surface area contributed by atoms with Crippen LogP contribution in [0.15, 0.2) is 34.9 Å². The van der Waals surface area contributed by atoms with Crippen LogP contribution in [0.5, 0.6) is 0 Å². The van der Waals surface area contributed by atoms with Crippen LogP contribution < -0.4 is 15.7 Å². The minimum absolute atomic E-state index is 0.322.